The van der Waals surface area contributed by atoms with Crippen molar-refractivity contribution in [3.8, 4) is 18.1 Å². The average molecular weight is 689 g/mol. The third kappa shape index (κ3) is 5.84. The molecule has 0 bridgehead atoms. The van der Waals surface area contributed by atoms with Crippen LogP contribution < -0.4 is 15.4 Å². The molecule has 4 amide bonds. The SMILES string of the molecule is C#Cc1ccc(OC2CCN(C(=O)N3CCN(C)CC3)CC2)c([C@H]2NC(=O)C[C@@H](C3C=CC=C(Cl)C3)[C@]23C(=O)Nc2cc(Cl)ccc23)c1. The molecule has 48 heavy (non-hydrogen) atoms. The number of nitrogens with zero attached hydrogens (tertiary/aromatic N) is 3. The number of rotatable bonds is 4. The summed E-state index contributed by atoms with van der Waals surface area (Å²) in [7, 11) is 2.07. The lowest BCUT2D eigenvalue weighted by atomic mass is 9.57. The molecule has 4 heterocycles. The number of piperidine rings is 2. The Kier molecular flexibility index (Phi) is 8.92. The number of hydrogen-bond donors (Lipinski definition) is 2. The van der Waals surface area contributed by atoms with Gasteiger partial charge in [-0.15, -0.1) is 6.42 Å². The number of amides is 4. The first-order valence-corrected chi connectivity index (χ1v) is 17.4. The Labute approximate surface area is 291 Å². The molecule has 2 aromatic carbocycles. The van der Waals surface area contributed by atoms with Crippen LogP contribution in [-0.4, -0.2) is 85.0 Å². The Bertz CT molecular complexity index is 1740. The van der Waals surface area contributed by atoms with Gasteiger partial charge in [0.25, 0.3) is 0 Å². The van der Waals surface area contributed by atoms with Gasteiger partial charge in [0.05, 0.1) is 6.04 Å². The molecule has 11 heteroatoms. The molecule has 0 radical (unpaired) electrons. The lowest BCUT2D eigenvalue weighted by molar-refractivity contribution is -0.135. The third-order valence-electron chi connectivity index (χ3n) is 10.7. The third-order valence-corrected chi connectivity index (χ3v) is 11.2. The van der Waals surface area contributed by atoms with Gasteiger partial charge in [0.15, 0.2) is 0 Å². The topological polar surface area (TPSA) is 94.2 Å². The van der Waals surface area contributed by atoms with Gasteiger partial charge in [0, 0.05) is 85.4 Å². The fraction of sp³-hybridized carbons (Fsp3) is 0.432. The van der Waals surface area contributed by atoms with Gasteiger partial charge >= 0.3 is 6.03 Å². The number of anilines is 1. The second kappa shape index (κ2) is 13.1. The molecule has 5 aliphatic rings. The molecular formula is C37H39Cl2N5O4. The monoisotopic (exact) mass is 687 g/mol. The number of nitrogens with one attached hydrogen (secondary N) is 2. The molecule has 9 nitrogen and oxygen atoms in total. The van der Waals surface area contributed by atoms with Gasteiger partial charge in [-0.1, -0.05) is 47.3 Å². The highest BCUT2D eigenvalue weighted by molar-refractivity contribution is 6.31. The van der Waals surface area contributed by atoms with Gasteiger partial charge in [-0.25, -0.2) is 4.79 Å². The zero-order valence-electron chi connectivity index (χ0n) is 26.9. The van der Waals surface area contributed by atoms with E-state index in [9.17, 15) is 14.4 Å². The van der Waals surface area contributed by atoms with E-state index in [2.05, 4.69) is 28.5 Å². The molecule has 3 fully saturated rings. The van der Waals surface area contributed by atoms with Crippen molar-refractivity contribution in [1.82, 2.24) is 20.0 Å². The number of hydrogen-bond acceptors (Lipinski definition) is 5. The van der Waals surface area contributed by atoms with Crippen LogP contribution in [0.2, 0.25) is 5.02 Å². The predicted molar refractivity (Wildman–Crippen MR) is 186 cm³/mol. The van der Waals surface area contributed by atoms with Crippen LogP contribution in [0.3, 0.4) is 0 Å². The van der Waals surface area contributed by atoms with Gasteiger partial charge < -0.3 is 30.1 Å². The molecular weight excluding hydrogens is 649 g/mol. The molecule has 7 rings (SSSR count). The van der Waals surface area contributed by atoms with Crippen molar-refractivity contribution in [3.05, 3.63) is 81.4 Å². The number of carbonyl (C=O) groups is 3. The van der Waals surface area contributed by atoms with Crippen LogP contribution in [0, 0.1) is 24.2 Å². The van der Waals surface area contributed by atoms with E-state index in [0.717, 1.165) is 31.7 Å². The van der Waals surface area contributed by atoms with Crippen molar-refractivity contribution in [2.75, 3.05) is 51.6 Å². The van der Waals surface area contributed by atoms with Gasteiger partial charge in [-0.3, -0.25) is 9.59 Å². The molecule has 2 N–H and O–H groups in total. The van der Waals surface area contributed by atoms with Gasteiger partial charge in [-0.2, -0.15) is 0 Å². The minimum absolute atomic E-state index is 0.0799. The Morgan fingerprint density at radius 3 is 2.48 bits per heavy atom. The van der Waals surface area contributed by atoms with Crippen molar-refractivity contribution in [1.29, 1.82) is 0 Å². The first-order chi connectivity index (χ1) is 23.2. The Morgan fingerprint density at radius 1 is 1.00 bits per heavy atom. The van der Waals surface area contributed by atoms with Crippen LogP contribution in [-0.2, 0) is 15.0 Å². The number of carbonyl (C=O) groups excluding carboxylic acids is 3. The zero-order valence-corrected chi connectivity index (χ0v) is 28.4. The maximum atomic E-state index is 14.5. The van der Waals surface area contributed by atoms with E-state index in [0.29, 0.717) is 65.0 Å². The number of benzene rings is 2. The number of likely N-dealkylation sites (N-methyl/N-ethyl adjacent to an activating group) is 1. The van der Waals surface area contributed by atoms with E-state index >= 15 is 0 Å². The van der Waals surface area contributed by atoms with Gasteiger partial charge in [0.1, 0.15) is 17.3 Å². The van der Waals surface area contributed by atoms with Crippen LogP contribution in [0.4, 0.5) is 10.5 Å². The van der Waals surface area contributed by atoms with E-state index in [4.69, 9.17) is 34.4 Å². The highest BCUT2D eigenvalue weighted by atomic mass is 35.5. The van der Waals surface area contributed by atoms with Crippen LogP contribution >= 0.6 is 23.2 Å². The number of likely N-dealkylation sites (tertiary alicyclic amines) is 1. The fourth-order valence-electron chi connectivity index (χ4n) is 8.16. The molecule has 0 saturated carbocycles. The summed E-state index contributed by atoms with van der Waals surface area (Å²) in [4.78, 5) is 47.5. The standard InChI is InChI=1S/C37H39Cl2N5O4/c1-3-23-7-10-32(48-27-11-13-43(14-12-27)36(47)44-17-15-42(2)16-18-44)28(19-23)34-37(29-9-8-26(39)21-31(29)40-35(37)46)30(22-33(45)41-34)24-5-4-6-25(38)20-24/h1,4-10,19,21,24,27,30,34H,11-18,20,22H2,2H3,(H,40,46)(H,41,45)/t24?,30-,34+,37-/m0/s1. The maximum Gasteiger partial charge on any atom is 0.320 e. The lowest BCUT2D eigenvalue weighted by Crippen LogP contribution is -2.59. The molecule has 3 saturated heterocycles. The number of piperazine rings is 1. The summed E-state index contributed by atoms with van der Waals surface area (Å²) < 4.78 is 6.73. The van der Waals surface area contributed by atoms with Crippen molar-refractivity contribution < 1.29 is 19.1 Å². The zero-order chi connectivity index (χ0) is 33.6. The van der Waals surface area contributed by atoms with Crippen LogP contribution in [0.5, 0.6) is 5.75 Å². The van der Waals surface area contributed by atoms with E-state index in [1.807, 2.05) is 52.3 Å². The number of urea groups is 1. The summed E-state index contributed by atoms with van der Waals surface area (Å²) in [6.07, 6.45) is 13.5. The van der Waals surface area contributed by atoms with E-state index < -0.39 is 17.4 Å². The number of halogens is 2. The number of terminal acetylenes is 1. The minimum Gasteiger partial charge on any atom is -0.490 e. The molecule has 1 unspecified atom stereocenters. The molecule has 1 spiro atoms. The first-order valence-electron chi connectivity index (χ1n) is 16.6. The molecule has 250 valence electrons. The normalized spacial score (nSPS) is 27.6. The van der Waals surface area contributed by atoms with E-state index in [-0.39, 0.29) is 36.3 Å². The number of allylic oxidation sites excluding steroid dienone is 4. The molecule has 1 aliphatic carbocycles. The summed E-state index contributed by atoms with van der Waals surface area (Å²) in [5, 5.41) is 7.47. The van der Waals surface area contributed by atoms with Gasteiger partial charge in [-0.05, 0) is 67.3 Å². The minimum atomic E-state index is -1.21. The molecule has 2 aromatic rings. The van der Waals surface area contributed by atoms with Crippen LogP contribution in [0.1, 0.15) is 48.4 Å². The Hall–Kier alpha value is -3.97. The molecule has 4 aliphatic heterocycles. The highest BCUT2D eigenvalue weighted by Gasteiger charge is 2.62. The van der Waals surface area contributed by atoms with Gasteiger partial charge in [0.2, 0.25) is 11.8 Å². The van der Waals surface area contributed by atoms with Crippen molar-refractivity contribution in [2.24, 2.45) is 11.8 Å². The summed E-state index contributed by atoms with van der Waals surface area (Å²) in [5.41, 5.74) is 1.42. The largest absolute Gasteiger partial charge is 0.490 e. The van der Waals surface area contributed by atoms with E-state index in [1.165, 1.54) is 0 Å². The Morgan fingerprint density at radius 2 is 1.75 bits per heavy atom. The van der Waals surface area contributed by atoms with Crippen LogP contribution in [0.15, 0.2) is 59.7 Å². The number of ether oxygens (including phenoxy) is 1. The Balaban J connectivity index is 1.23. The van der Waals surface area contributed by atoms with Crippen molar-refractivity contribution >= 4 is 46.7 Å². The summed E-state index contributed by atoms with van der Waals surface area (Å²) in [6, 6.07) is 10.2. The van der Waals surface area contributed by atoms with E-state index in [1.54, 1.807) is 12.1 Å². The first kappa shape index (κ1) is 32.6. The number of fused-ring (bicyclic) bond motifs is 2. The summed E-state index contributed by atoms with van der Waals surface area (Å²) >= 11 is 12.9. The predicted octanol–water partition coefficient (Wildman–Crippen LogP) is 5.30. The lowest BCUT2D eigenvalue weighted by Gasteiger charge is -2.49. The molecule has 0 aromatic heterocycles. The van der Waals surface area contributed by atoms with Crippen molar-refractivity contribution in [3.63, 3.8) is 0 Å². The second-order valence-electron chi connectivity index (χ2n) is 13.5. The molecule has 4 atom stereocenters. The smallest absolute Gasteiger partial charge is 0.320 e. The summed E-state index contributed by atoms with van der Waals surface area (Å²) in [6.45, 7) is 4.37. The maximum absolute atomic E-state index is 14.5. The second-order valence-corrected chi connectivity index (χ2v) is 14.4. The summed E-state index contributed by atoms with van der Waals surface area (Å²) in [5.74, 6) is 2.28. The highest BCUT2D eigenvalue weighted by Crippen LogP contribution is 2.58. The fourth-order valence-corrected chi connectivity index (χ4v) is 8.58. The average Bonchev–Trinajstić information content (AvgIpc) is 3.36. The van der Waals surface area contributed by atoms with Crippen molar-refractivity contribution in [2.45, 2.75) is 43.2 Å². The van der Waals surface area contributed by atoms with Crippen LogP contribution in [0.25, 0.3) is 0 Å². The quantitative estimate of drug-likeness (QED) is 0.426.